The third kappa shape index (κ3) is 7.05. The van der Waals surface area contributed by atoms with E-state index in [1.165, 1.54) is 19.0 Å². The van der Waals surface area contributed by atoms with Gasteiger partial charge in [0.2, 0.25) is 0 Å². The van der Waals surface area contributed by atoms with Crippen molar-refractivity contribution in [2.45, 2.75) is 59.0 Å². The lowest BCUT2D eigenvalue weighted by molar-refractivity contribution is 0.288. The Hall–Kier alpha value is -0.930. The summed E-state index contributed by atoms with van der Waals surface area (Å²) in [7, 11) is 0. The predicted octanol–water partition coefficient (Wildman–Crippen LogP) is 3.86. The summed E-state index contributed by atoms with van der Waals surface area (Å²) < 4.78 is 13.6. The number of halogens is 1. The van der Waals surface area contributed by atoms with Crippen LogP contribution in [0, 0.1) is 5.82 Å². The van der Waals surface area contributed by atoms with Gasteiger partial charge >= 0.3 is 0 Å². The van der Waals surface area contributed by atoms with Crippen molar-refractivity contribution in [1.29, 1.82) is 0 Å². The standard InChI is InChI=1S/C18H31FN2/c1-5-21(6-2)13-9-10-15(3)20-16(4)14-17-11-7-8-12-18(17)19/h7-8,11-12,15-16,20H,5-6,9-10,13-14H2,1-4H3. The van der Waals surface area contributed by atoms with Gasteiger partial charge in [0.15, 0.2) is 0 Å². The number of nitrogens with zero attached hydrogens (tertiary/aromatic N) is 1. The Labute approximate surface area is 129 Å². The number of hydrogen-bond acceptors (Lipinski definition) is 2. The summed E-state index contributed by atoms with van der Waals surface area (Å²) in [5, 5.41) is 3.58. The maximum atomic E-state index is 13.6. The van der Waals surface area contributed by atoms with Gasteiger partial charge in [-0.05, 0) is 64.4 Å². The summed E-state index contributed by atoms with van der Waals surface area (Å²) in [6, 6.07) is 7.83. The fourth-order valence-corrected chi connectivity index (χ4v) is 2.78. The Morgan fingerprint density at radius 2 is 1.76 bits per heavy atom. The molecular weight excluding hydrogens is 263 g/mol. The van der Waals surface area contributed by atoms with Gasteiger partial charge in [0, 0.05) is 12.1 Å². The topological polar surface area (TPSA) is 15.3 Å². The van der Waals surface area contributed by atoms with Gasteiger partial charge < -0.3 is 10.2 Å². The van der Waals surface area contributed by atoms with E-state index in [2.05, 4.69) is 37.9 Å². The van der Waals surface area contributed by atoms with Gasteiger partial charge in [-0.15, -0.1) is 0 Å². The first kappa shape index (κ1) is 18.1. The molecule has 1 aromatic carbocycles. The van der Waals surface area contributed by atoms with E-state index < -0.39 is 0 Å². The smallest absolute Gasteiger partial charge is 0.126 e. The van der Waals surface area contributed by atoms with Gasteiger partial charge in [0.1, 0.15) is 5.82 Å². The Morgan fingerprint density at radius 1 is 1.10 bits per heavy atom. The Bertz CT molecular complexity index is 391. The monoisotopic (exact) mass is 294 g/mol. The van der Waals surface area contributed by atoms with E-state index in [0.717, 1.165) is 31.5 Å². The van der Waals surface area contributed by atoms with Gasteiger partial charge in [0.25, 0.3) is 0 Å². The molecule has 0 heterocycles. The van der Waals surface area contributed by atoms with Crippen LogP contribution in [0.5, 0.6) is 0 Å². The van der Waals surface area contributed by atoms with Gasteiger partial charge in [0.05, 0.1) is 0 Å². The Balaban J connectivity index is 2.27. The lowest BCUT2D eigenvalue weighted by Gasteiger charge is -2.22. The van der Waals surface area contributed by atoms with E-state index in [-0.39, 0.29) is 5.82 Å². The molecule has 0 aliphatic rings. The minimum absolute atomic E-state index is 0.0969. The van der Waals surface area contributed by atoms with Gasteiger partial charge in [-0.1, -0.05) is 32.0 Å². The van der Waals surface area contributed by atoms with Crippen LogP contribution in [0.2, 0.25) is 0 Å². The summed E-state index contributed by atoms with van der Waals surface area (Å²) in [6.07, 6.45) is 3.12. The van der Waals surface area contributed by atoms with E-state index in [1.54, 1.807) is 6.07 Å². The number of benzene rings is 1. The zero-order valence-electron chi connectivity index (χ0n) is 14.0. The van der Waals surface area contributed by atoms with Crippen LogP contribution in [0.4, 0.5) is 4.39 Å². The summed E-state index contributed by atoms with van der Waals surface area (Å²) in [4.78, 5) is 2.45. The molecule has 3 heteroatoms. The molecule has 0 aliphatic heterocycles. The molecule has 0 amide bonds. The molecule has 0 bridgehead atoms. The van der Waals surface area contributed by atoms with E-state index in [0.29, 0.717) is 12.1 Å². The van der Waals surface area contributed by atoms with Crippen molar-refractivity contribution >= 4 is 0 Å². The van der Waals surface area contributed by atoms with Gasteiger partial charge in [-0.25, -0.2) is 4.39 Å². The van der Waals surface area contributed by atoms with Gasteiger partial charge in [-0.2, -0.15) is 0 Å². The molecule has 1 rings (SSSR count). The third-order valence-electron chi connectivity index (χ3n) is 4.06. The second kappa shape index (κ2) is 9.91. The largest absolute Gasteiger partial charge is 0.311 e. The molecule has 21 heavy (non-hydrogen) atoms. The maximum absolute atomic E-state index is 13.6. The second-order valence-electron chi connectivity index (χ2n) is 5.93. The number of rotatable bonds is 10. The molecule has 0 radical (unpaired) electrons. The highest BCUT2D eigenvalue weighted by Gasteiger charge is 2.10. The molecule has 0 saturated carbocycles. The van der Waals surface area contributed by atoms with E-state index >= 15 is 0 Å². The van der Waals surface area contributed by atoms with Crippen LogP contribution < -0.4 is 5.32 Å². The highest BCUT2D eigenvalue weighted by molar-refractivity contribution is 5.18. The normalized spacial score (nSPS) is 14.4. The van der Waals surface area contributed by atoms with Crippen molar-refractivity contribution in [2.75, 3.05) is 19.6 Å². The maximum Gasteiger partial charge on any atom is 0.126 e. The van der Waals surface area contributed by atoms with Crippen LogP contribution in [-0.2, 0) is 6.42 Å². The average molecular weight is 294 g/mol. The fraction of sp³-hybridized carbons (Fsp3) is 0.667. The summed E-state index contributed by atoms with van der Waals surface area (Å²) in [6.45, 7) is 12.2. The molecule has 0 saturated heterocycles. The van der Waals surface area contributed by atoms with E-state index in [4.69, 9.17) is 0 Å². The molecule has 2 atom stereocenters. The number of hydrogen-bond donors (Lipinski definition) is 1. The van der Waals surface area contributed by atoms with Crippen LogP contribution in [0.1, 0.15) is 46.1 Å². The molecule has 1 N–H and O–H groups in total. The lowest BCUT2D eigenvalue weighted by atomic mass is 10.0. The first-order chi connectivity index (χ1) is 10.1. The predicted molar refractivity (Wildman–Crippen MR) is 89.2 cm³/mol. The zero-order chi connectivity index (χ0) is 15.7. The first-order valence-electron chi connectivity index (χ1n) is 8.28. The molecule has 2 unspecified atom stereocenters. The van der Waals surface area contributed by atoms with Crippen LogP contribution in [0.3, 0.4) is 0 Å². The fourth-order valence-electron chi connectivity index (χ4n) is 2.78. The van der Waals surface area contributed by atoms with Crippen LogP contribution in [-0.4, -0.2) is 36.6 Å². The number of nitrogens with one attached hydrogen (secondary N) is 1. The van der Waals surface area contributed by atoms with E-state index in [9.17, 15) is 4.39 Å². The Morgan fingerprint density at radius 3 is 2.38 bits per heavy atom. The minimum Gasteiger partial charge on any atom is -0.311 e. The summed E-state index contributed by atoms with van der Waals surface area (Å²) >= 11 is 0. The zero-order valence-corrected chi connectivity index (χ0v) is 14.0. The summed E-state index contributed by atoms with van der Waals surface area (Å²) in [5.74, 6) is -0.0969. The van der Waals surface area contributed by atoms with Crippen molar-refractivity contribution in [3.05, 3.63) is 35.6 Å². The molecule has 0 fully saturated rings. The van der Waals surface area contributed by atoms with Crippen molar-refractivity contribution in [3.63, 3.8) is 0 Å². The lowest BCUT2D eigenvalue weighted by Crippen LogP contribution is -2.36. The molecular formula is C18H31FN2. The molecule has 2 nitrogen and oxygen atoms in total. The molecule has 1 aromatic rings. The Kier molecular flexibility index (Phi) is 8.55. The van der Waals surface area contributed by atoms with Crippen molar-refractivity contribution in [1.82, 2.24) is 10.2 Å². The van der Waals surface area contributed by atoms with Gasteiger partial charge in [-0.3, -0.25) is 0 Å². The van der Waals surface area contributed by atoms with E-state index in [1.807, 2.05) is 12.1 Å². The van der Waals surface area contributed by atoms with Crippen LogP contribution in [0.25, 0.3) is 0 Å². The van der Waals surface area contributed by atoms with Crippen molar-refractivity contribution in [2.24, 2.45) is 0 Å². The molecule has 0 aliphatic carbocycles. The SMILES string of the molecule is CCN(CC)CCCC(C)NC(C)Cc1ccccc1F. The average Bonchev–Trinajstić information content (AvgIpc) is 2.46. The second-order valence-corrected chi connectivity index (χ2v) is 5.93. The highest BCUT2D eigenvalue weighted by Crippen LogP contribution is 2.10. The third-order valence-corrected chi connectivity index (χ3v) is 4.06. The molecule has 120 valence electrons. The first-order valence-corrected chi connectivity index (χ1v) is 8.28. The van der Waals surface area contributed by atoms with Crippen LogP contribution in [0.15, 0.2) is 24.3 Å². The van der Waals surface area contributed by atoms with Crippen molar-refractivity contribution < 1.29 is 4.39 Å². The highest BCUT2D eigenvalue weighted by atomic mass is 19.1. The van der Waals surface area contributed by atoms with Crippen LogP contribution >= 0.6 is 0 Å². The minimum atomic E-state index is -0.0969. The summed E-state index contributed by atoms with van der Waals surface area (Å²) in [5.41, 5.74) is 0.799. The van der Waals surface area contributed by atoms with Crippen molar-refractivity contribution in [3.8, 4) is 0 Å². The molecule has 0 spiro atoms. The molecule has 0 aromatic heterocycles. The quantitative estimate of drug-likeness (QED) is 0.705.